The zero-order valence-corrected chi connectivity index (χ0v) is 11.6. The van der Waals surface area contributed by atoms with Crippen molar-refractivity contribution in [1.29, 1.82) is 0 Å². The molecule has 0 aliphatic heterocycles. The zero-order chi connectivity index (χ0) is 13.2. The van der Waals surface area contributed by atoms with Gasteiger partial charge < -0.3 is 4.74 Å². The van der Waals surface area contributed by atoms with E-state index in [0.717, 1.165) is 4.90 Å². The third-order valence-electron chi connectivity index (χ3n) is 2.79. The Morgan fingerprint density at radius 2 is 1.78 bits per heavy atom. The van der Waals surface area contributed by atoms with E-state index < -0.39 is 4.75 Å². The summed E-state index contributed by atoms with van der Waals surface area (Å²) < 4.78 is 4.26. The molecule has 0 saturated carbocycles. The highest BCUT2D eigenvalue weighted by molar-refractivity contribution is 8.01. The van der Waals surface area contributed by atoms with Crippen LogP contribution in [0.1, 0.15) is 13.8 Å². The summed E-state index contributed by atoms with van der Waals surface area (Å²) in [6, 6.07) is 14.3. The van der Waals surface area contributed by atoms with Crippen molar-refractivity contribution < 1.29 is 9.53 Å². The minimum atomic E-state index is -0.584. The standard InChI is InChI=1S/C15H16O2S/c1-15(2,14(16)17-3)18-13-10-6-8-11-7-4-5-9-12(11)13/h4-10H,1-3H3. The van der Waals surface area contributed by atoms with Crippen LogP contribution < -0.4 is 0 Å². The normalized spacial score (nSPS) is 11.5. The number of carbonyl (C=O) groups excluding carboxylic acids is 1. The number of hydrogen-bond donors (Lipinski definition) is 0. The number of benzene rings is 2. The average molecular weight is 260 g/mol. The number of ether oxygens (including phenoxy) is 1. The Kier molecular flexibility index (Phi) is 3.62. The van der Waals surface area contributed by atoms with Crippen LogP contribution in [0, 0.1) is 0 Å². The maximum absolute atomic E-state index is 11.7. The van der Waals surface area contributed by atoms with E-state index in [-0.39, 0.29) is 5.97 Å². The van der Waals surface area contributed by atoms with Gasteiger partial charge in [-0.05, 0) is 30.7 Å². The molecule has 0 atom stereocenters. The minimum Gasteiger partial charge on any atom is -0.468 e. The molecule has 2 rings (SSSR count). The Labute approximate surface area is 111 Å². The Balaban J connectivity index is 2.41. The molecule has 3 heteroatoms. The van der Waals surface area contributed by atoms with E-state index in [9.17, 15) is 4.79 Å². The fourth-order valence-electron chi connectivity index (χ4n) is 1.85. The van der Waals surface area contributed by atoms with Gasteiger partial charge in [0, 0.05) is 4.90 Å². The van der Waals surface area contributed by atoms with Gasteiger partial charge in [-0.1, -0.05) is 36.4 Å². The first-order chi connectivity index (χ1) is 8.54. The quantitative estimate of drug-likeness (QED) is 0.618. The predicted molar refractivity (Wildman–Crippen MR) is 75.9 cm³/mol. The summed E-state index contributed by atoms with van der Waals surface area (Å²) in [6.45, 7) is 3.76. The summed E-state index contributed by atoms with van der Waals surface area (Å²) in [5, 5.41) is 2.35. The monoisotopic (exact) mass is 260 g/mol. The van der Waals surface area contributed by atoms with Gasteiger partial charge in [-0.25, -0.2) is 0 Å². The fraction of sp³-hybridized carbons (Fsp3) is 0.267. The summed E-state index contributed by atoms with van der Waals surface area (Å²) in [6.07, 6.45) is 0. The lowest BCUT2D eigenvalue weighted by Gasteiger charge is -2.21. The largest absolute Gasteiger partial charge is 0.468 e. The first-order valence-corrected chi connectivity index (χ1v) is 6.61. The van der Waals surface area contributed by atoms with Gasteiger partial charge >= 0.3 is 5.97 Å². The van der Waals surface area contributed by atoms with E-state index in [4.69, 9.17) is 4.74 Å². The van der Waals surface area contributed by atoms with Crippen molar-refractivity contribution in [2.24, 2.45) is 0 Å². The number of carbonyl (C=O) groups is 1. The summed E-state index contributed by atoms with van der Waals surface area (Å²) in [5.41, 5.74) is 0. The number of rotatable bonds is 3. The molecule has 0 aromatic heterocycles. The van der Waals surface area contributed by atoms with Gasteiger partial charge in [0.15, 0.2) is 0 Å². The molecule has 0 spiro atoms. The van der Waals surface area contributed by atoms with Crippen molar-refractivity contribution in [3.63, 3.8) is 0 Å². The van der Waals surface area contributed by atoms with Crippen molar-refractivity contribution in [3.05, 3.63) is 42.5 Å². The minimum absolute atomic E-state index is 0.208. The molecule has 0 unspecified atom stereocenters. The molecule has 0 bridgehead atoms. The molecule has 0 fully saturated rings. The van der Waals surface area contributed by atoms with E-state index >= 15 is 0 Å². The summed E-state index contributed by atoms with van der Waals surface area (Å²) >= 11 is 1.53. The highest BCUT2D eigenvalue weighted by Gasteiger charge is 2.30. The third kappa shape index (κ3) is 2.51. The van der Waals surface area contributed by atoms with Gasteiger partial charge in [-0.15, -0.1) is 11.8 Å². The van der Waals surface area contributed by atoms with Gasteiger partial charge in [0.25, 0.3) is 0 Å². The Morgan fingerprint density at radius 1 is 1.11 bits per heavy atom. The summed E-state index contributed by atoms with van der Waals surface area (Å²) in [4.78, 5) is 12.8. The van der Waals surface area contributed by atoms with Crippen LogP contribution in [-0.2, 0) is 9.53 Å². The van der Waals surface area contributed by atoms with E-state index in [2.05, 4.69) is 18.2 Å². The van der Waals surface area contributed by atoms with E-state index in [1.54, 1.807) is 0 Å². The molecule has 0 saturated heterocycles. The van der Waals surface area contributed by atoms with Gasteiger partial charge in [-0.3, -0.25) is 4.79 Å². The second kappa shape index (κ2) is 5.02. The van der Waals surface area contributed by atoms with Crippen LogP contribution >= 0.6 is 11.8 Å². The molecular weight excluding hydrogens is 244 g/mol. The zero-order valence-electron chi connectivity index (χ0n) is 10.8. The van der Waals surface area contributed by atoms with Crippen LogP contribution in [0.3, 0.4) is 0 Å². The molecule has 0 heterocycles. The number of esters is 1. The molecule has 0 radical (unpaired) electrons. The van der Waals surface area contributed by atoms with Gasteiger partial charge in [0.05, 0.1) is 7.11 Å². The molecule has 2 nitrogen and oxygen atoms in total. The lowest BCUT2D eigenvalue weighted by atomic mass is 10.1. The molecule has 0 N–H and O–H groups in total. The SMILES string of the molecule is COC(=O)C(C)(C)Sc1cccc2ccccc12. The molecule has 2 aromatic carbocycles. The number of methoxy groups -OCH3 is 1. The van der Waals surface area contributed by atoms with Gasteiger partial charge in [0.1, 0.15) is 4.75 Å². The van der Waals surface area contributed by atoms with Gasteiger partial charge in [0.2, 0.25) is 0 Å². The van der Waals surface area contributed by atoms with Crippen LogP contribution in [0.2, 0.25) is 0 Å². The van der Waals surface area contributed by atoms with Crippen molar-refractivity contribution in [2.45, 2.75) is 23.5 Å². The fourth-order valence-corrected chi connectivity index (χ4v) is 3.01. The van der Waals surface area contributed by atoms with Crippen molar-refractivity contribution in [3.8, 4) is 0 Å². The number of thioether (sulfide) groups is 1. The Morgan fingerprint density at radius 3 is 2.50 bits per heavy atom. The average Bonchev–Trinajstić information content (AvgIpc) is 2.38. The predicted octanol–water partition coefficient (Wildman–Crippen LogP) is 3.88. The molecule has 0 amide bonds. The number of hydrogen-bond acceptors (Lipinski definition) is 3. The third-order valence-corrected chi connectivity index (χ3v) is 4.04. The lowest BCUT2D eigenvalue weighted by Crippen LogP contribution is -2.28. The lowest BCUT2D eigenvalue weighted by molar-refractivity contribution is -0.142. The number of fused-ring (bicyclic) bond motifs is 1. The topological polar surface area (TPSA) is 26.3 Å². The van der Waals surface area contributed by atoms with Gasteiger partial charge in [-0.2, -0.15) is 0 Å². The molecule has 2 aromatic rings. The maximum atomic E-state index is 11.7. The first kappa shape index (κ1) is 13.0. The summed E-state index contributed by atoms with van der Waals surface area (Å²) in [7, 11) is 1.42. The van der Waals surface area contributed by atoms with Crippen molar-refractivity contribution in [1.82, 2.24) is 0 Å². The highest BCUT2D eigenvalue weighted by atomic mass is 32.2. The second-order valence-electron chi connectivity index (χ2n) is 4.58. The van der Waals surface area contributed by atoms with Crippen LogP contribution in [-0.4, -0.2) is 17.8 Å². The molecule has 94 valence electrons. The van der Waals surface area contributed by atoms with E-state index in [1.165, 1.54) is 29.6 Å². The van der Waals surface area contributed by atoms with Crippen LogP contribution in [0.15, 0.2) is 47.4 Å². The van der Waals surface area contributed by atoms with Crippen LogP contribution in [0.25, 0.3) is 10.8 Å². The van der Waals surface area contributed by atoms with Crippen LogP contribution in [0.4, 0.5) is 0 Å². The Bertz CT molecular complexity index is 570. The van der Waals surface area contributed by atoms with E-state index in [1.807, 2.05) is 38.1 Å². The summed E-state index contributed by atoms with van der Waals surface area (Å²) in [5.74, 6) is -0.208. The highest BCUT2D eigenvalue weighted by Crippen LogP contribution is 2.37. The second-order valence-corrected chi connectivity index (χ2v) is 6.25. The molecule has 18 heavy (non-hydrogen) atoms. The maximum Gasteiger partial charge on any atom is 0.321 e. The van der Waals surface area contributed by atoms with Crippen molar-refractivity contribution in [2.75, 3.05) is 7.11 Å². The molecular formula is C15H16O2S. The van der Waals surface area contributed by atoms with Crippen LogP contribution in [0.5, 0.6) is 0 Å². The molecule has 0 aliphatic rings. The smallest absolute Gasteiger partial charge is 0.321 e. The first-order valence-electron chi connectivity index (χ1n) is 5.80. The van der Waals surface area contributed by atoms with Crippen molar-refractivity contribution >= 4 is 28.5 Å². The molecule has 0 aliphatic carbocycles. The van der Waals surface area contributed by atoms with E-state index in [0.29, 0.717) is 0 Å². The Hall–Kier alpha value is -1.48.